The molecular formula is C17H16F4N4O. The van der Waals surface area contributed by atoms with Gasteiger partial charge in [-0.25, -0.2) is 9.82 Å². The molecule has 2 aromatic rings. The molecule has 1 fully saturated rings. The summed E-state index contributed by atoms with van der Waals surface area (Å²) in [5.41, 5.74) is 5.72. The van der Waals surface area contributed by atoms with Crippen LogP contribution in [0.5, 0.6) is 0 Å². The number of nitrogens with zero attached hydrogens (tertiary/aromatic N) is 1. The minimum absolute atomic E-state index is 0.111. The minimum Gasteiger partial charge on any atom is -0.339 e. The van der Waals surface area contributed by atoms with Gasteiger partial charge in [-0.3, -0.25) is 15.2 Å². The zero-order chi connectivity index (χ0) is 18.7. The minimum atomic E-state index is -4.70. The van der Waals surface area contributed by atoms with E-state index in [-0.39, 0.29) is 12.2 Å². The molecule has 3 rings (SSSR count). The number of carbonyl (C=O) groups excluding carboxylic acids is 1. The number of carbonyl (C=O) groups is 1. The quantitative estimate of drug-likeness (QED) is 0.725. The van der Waals surface area contributed by atoms with Crippen molar-refractivity contribution in [3.05, 3.63) is 65.7 Å². The lowest BCUT2D eigenvalue weighted by Gasteiger charge is -2.24. The van der Waals surface area contributed by atoms with E-state index in [9.17, 15) is 22.4 Å². The molecular weight excluding hydrogens is 352 g/mol. The Morgan fingerprint density at radius 1 is 1.23 bits per heavy atom. The van der Waals surface area contributed by atoms with Gasteiger partial charge in [-0.15, -0.1) is 0 Å². The summed E-state index contributed by atoms with van der Waals surface area (Å²) < 4.78 is 53.6. The number of benzene rings is 1. The zero-order valence-corrected chi connectivity index (χ0v) is 13.4. The first kappa shape index (κ1) is 18.3. The molecule has 3 N–H and O–H groups in total. The maximum Gasteiger partial charge on any atom is 0.414 e. The van der Waals surface area contributed by atoms with E-state index in [0.717, 1.165) is 0 Å². The average molecular weight is 368 g/mol. The molecule has 3 unspecified atom stereocenters. The topological polar surface area (TPSA) is 66.0 Å². The molecule has 1 amide bonds. The summed E-state index contributed by atoms with van der Waals surface area (Å²) in [6.45, 7) is 0.111. The second-order valence-electron chi connectivity index (χ2n) is 5.90. The summed E-state index contributed by atoms with van der Waals surface area (Å²) >= 11 is 0. The molecule has 1 aliphatic rings. The second-order valence-corrected chi connectivity index (χ2v) is 5.90. The van der Waals surface area contributed by atoms with E-state index < -0.39 is 35.9 Å². The number of pyridine rings is 1. The lowest BCUT2D eigenvalue weighted by atomic mass is 9.93. The zero-order valence-electron chi connectivity index (χ0n) is 13.4. The molecule has 1 aromatic heterocycles. The fraction of sp³-hybridized carbons (Fsp3) is 0.294. The van der Waals surface area contributed by atoms with Gasteiger partial charge in [-0.2, -0.15) is 13.2 Å². The van der Waals surface area contributed by atoms with Crippen molar-refractivity contribution in [2.45, 2.75) is 18.3 Å². The van der Waals surface area contributed by atoms with Gasteiger partial charge in [0.2, 0.25) is 5.91 Å². The summed E-state index contributed by atoms with van der Waals surface area (Å²) in [5, 5.41) is 2.03. The highest BCUT2D eigenvalue weighted by Gasteiger charge is 2.45. The number of aromatic nitrogens is 1. The molecule has 5 nitrogen and oxygen atoms in total. The predicted octanol–water partition coefficient (Wildman–Crippen LogP) is 2.41. The molecule has 26 heavy (non-hydrogen) atoms. The number of hydrazine groups is 1. The fourth-order valence-electron chi connectivity index (χ4n) is 2.88. The van der Waals surface area contributed by atoms with Crippen LogP contribution in [0.15, 0.2) is 48.7 Å². The van der Waals surface area contributed by atoms with Gasteiger partial charge in [0.15, 0.2) is 6.04 Å². The average Bonchev–Trinajstić information content (AvgIpc) is 3.09. The number of hydrogen-bond donors (Lipinski definition) is 3. The third kappa shape index (κ3) is 4.00. The van der Waals surface area contributed by atoms with Gasteiger partial charge in [0.25, 0.3) is 0 Å². The molecule has 3 atom stereocenters. The van der Waals surface area contributed by atoms with Crippen LogP contribution in [-0.4, -0.2) is 23.6 Å². The number of halogens is 4. The highest BCUT2D eigenvalue weighted by molar-refractivity contribution is 5.80. The van der Waals surface area contributed by atoms with Crippen LogP contribution in [-0.2, 0) is 4.79 Å². The SMILES string of the molecule is O=C(NC(c1ccccn1)C(F)(F)F)C1CNNC1c1cccc(F)c1. The first-order valence-electron chi connectivity index (χ1n) is 7.88. The van der Waals surface area contributed by atoms with Gasteiger partial charge < -0.3 is 5.32 Å². The van der Waals surface area contributed by atoms with Gasteiger partial charge in [-0.1, -0.05) is 18.2 Å². The van der Waals surface area contributed by atoms with Crippen molar-refractivity contribution in [1.29, 1.82) is 0 Å². The molecule has 1 saturated heterocycles. The number of amides is 1. The summed E-state index contributed by atoms with van der Waals surface area (Å²) in [6, 6.07) is 6.82. The molecule has 0 saturated carbocycles. The Hall–Kier alpha value is -2.52. The fourth-order valence-corrected chi connectivity index (χ4v) is 2.88. The van der Waals surface area contributed by atoms with Gasteiger partial charge >= 0.3 is 6.18 Å². The van der Waals surface area contributed by atoms with E-state index in [0.29, 0.717) is 5.56 Å². The number of rotatable bonds is 4. The lowest BCUT2D eigenvalue weighted by molar-refractivity contribution is -0.165. The highest BCUT2D eigenvalue weighted by Crippen LogP contribution is 2.33. The van der Waals surface area contributed by atoms with Gasteiger partial charge in [0.05, 0.1) is 17.7 Å². The van der Waals surface area contributed by atoms with E-state index in [1.54, 1.807) is 6.07 Å². The third-order valence-corrected chi connectivity index (χ3v) is 4.12. The highest BCUT2D eigenvalue weighted by atomic mass is 19.4. The number of nitrogens with one attached hydrogen (secondary N) is 3. The number of alkyl halides is 3. The van der Waals surface area contributed by atoms with E-state index in [4.69, 9.17) is 0 Å². The van der Waals surface area contributed by atoms with Crippen molar-refractivity contribution in [2.24, 2.45) is 5.92 Å². The van der Waals surface area contributed by atoms with Crippen LogP contribution in [0.2, 0.25) is 0 Å². The largest absolute Gasteiger partial charge is 0.414 e. The molecule has 1 aliphatic heterocycles. The monoisotopic (exact) mass is 368 g/mol. The summed E-state index contributed by atoms with van der Waals surface area (Å²) in [6.07, 6.45) is -3.47. The van der Waals surface area contributed by atoms with Crippen LogP contribution in [0.1, 0.15) is 23.3 Å². The Balaban J connectivity index is 1.81. The Morgan fingerprint density at radius 2 is 2.04 bits per heavy atom. The maximum atomic E-state index is 13.4. The van der Waals surface area contributed by atoms with Crippen LogP contribution in [0.4, 0.5) is 17.6 Å². The van der Waals surface area contributed by atoms with E-state index in [1.165, 1.54) is 42.6 Å². The van der Waals surface area contributed by atoms with Crippen LogP contribution in [0, 0.1) is 11.7 Å². The van der Waals surface area contributed by atoms with Crippen LogP contribution in [0.3, 0.4) is 0 Å². The molecule has 9 heteroatoms. The Morgan fingerprint density at radius 3 is 2.69 bits per heavy atom. The molecule has 0 spiro atoms. The standard InChI is InChI=1S/C17H16F4N4O/c18-11-5-3-4-10(8-11)14-12(9-23-25-14)16(26)24-15(17(19,20)21)13-6-1-2-7-22-13/h1-8,12,14-15,23,25H,9H2,(H,24,26). The third-order valence-electron chi connectivity index (χ3n) is 4.12. The first-order valence-corrected chi connectivity index (χ1v) is 7.88. The van der Waals surface area contributed by atoms with Gasteiger partial charge in [0, 0.05) is 12.7 Å². The van der Waals surface area contributed by atoms with Crippen molar-refractivity contribution in [3.63, 3.8) is 0 Å². The molecule has 0 radical (unpaired) electrons. The van der Waals surface area contributed by atoms with Gasteiger partial charge in [-0.05, 0) is 29.8 Å². The van der Waals surface area contributed by atoms with Crippen LogP contribution in [0.25, 0.3) is 0 Å². The summed E-state index contributed by atoms with van der Waals surface area (Å²) in [4.78, 5) is 16.2. The van der Waals surface area contributed by atoms with Crippen molar-refractivity contribution >= 4 is 5.91 Å². The maximum absolute atomic E-state index is 13.4. The molecule has 0 aliphatic carbocycles. The van der Waals surface area contributed by atoms with E-state index in [2.05, 4.69) is 15.8 Å². The van der Waals surface area contributed by atoms with E-state index in [1.807, 2.05) is 5.32 Å². The van der Waals surface area contributed by atoms with Gasteiger partial charge in [0.1, 0.15) is 5.82 Å². The molecule has 1 aromatic carbocycles. The predicted molar refractivity (Wildman–Crippen MR) is 84.9 cm³/mol. The van der Waals surface area contributed by atoms with E-state index >= 15 is 0 Å². The second kappa shape index (κ2) is 7.38. The summed E-state index contributed by atoms with van der Waals surface area (Å²) in [5.74, 6) is -2.13. The van der Waals surface area contributed by atoms with Crippen LogP contribution < -0.4 is 16.2 Å². The molecule has 2 heterocycles. The van der Waals surface area contributed by atoms with Crippen molar-refractivity contribution in [2.75, 3.05) is 6.54 Å². The van der Waals surface area contributed by atoms with Crippen molar-refractivity contribution < 1.29 is 22.4 Å². The number of hydrogen-bond acceptors (Lipinski definition) is 4. The van der Waals surface area contributed by atoms with Crippen LogP contribution >= 0.6 is 0 Å². The smallest absolute Gasteiger partial charge is 0.339 e. The Labute approximate surface area is 146 Å². The normalized spacial score (nSPS) is 21.4. The molecule has 138 valence electrons. The van der Waals surface area contributed by atoms with Crippen molar-refractivity contribution in [3.8, 4) is 0 Å². The Bertz CT molecular complexity index is 769. The summed E-state index contributed by atoms with van der Waals surface area (Å²) in [7, 11) is 0. The Kier molecular flexibility index (Phi) is 5.19. The lowest BCUT2D eigenvalue weighted by Crippen LogP contribution is -2.43. The molecule has 0 bridgehead atoms. The first-order chi connectivity index (χ1) is 12.4. The van der Waals surface area contributed by atoms with Crippen molar-refractivity contribution in [1.82, 2.24) is 21.2 Å².